The summed E-state index contributed by atoms with van der Waals surface area (Å²) in [4.78, 5) is 2.67. The van der Waals surface area contributed by atoms with Crippen LogP contribution in [0.4, 0.5) is 5.69 Å². The largest absolute Gasteiger partial charge is 0.365 e. The lowest BCUT2D eigenvalue weighted by Gasteiger charge is -2.51. The predicted molar refractivity (Wildman–Crippen MR) is 72.5 cm³/mol. The van der Waals surface area contributed by atoms with Crippen LogP contribution in [0.15, 0.2) is 30.3 Å². The van der Waals surface area contributed by atoms with Crippen molar-refractivity contribution in [2.75, 3.05) is 24.5 Å². The molecule has 0 saturated carbocycles. The Hall–Kier alpha value is -1.02. The number of anilines is 1. The topological polar surface area (TPSA) is 15.3 Å². The summed E-state index contributed by atoms with van der Waals surface area (Å²) in [6, 6.07) is 11.0. The second-order valence-electron chi connectivity index (χ2n) is 5.45. The number of para-hydroxylation sites is 1. The van der Waals surface area contributed by atoms with Crippen molar-refractivity contribution >= 4 is 5.69 Å². The Morgan fingerprint density at radius 3 is 2.59 bits per heavy atom. The molecule has 1 aromatic rings. The van der Waals surface area contributed by atoms with Gasteiger partial charge in [0.1, 0.15) is 0 Å². The highest BCUT2D eigenvalue weighted by molar-refractivity contribution is 5.49. The number of nitrogens with zero attached hydrogens (tertiary/aromatic N) is 1. The zero-order valence-electron chi connectivity index (χ0n) is 10.5. The van der Waals surface area contributed by atoms with E-state index < -0.39 is 0 Å². The molecule has 2 fully saturated rings. The molecule has 0 bridgehead atoms. The van der Waals surface area contributed by atoms with Gasteiger partial charge < -0.3 is 10.2 Å². The first kappa shape index (κ1) is 11.1. The van der Waals surface area contributed by atoms with E-state index in [1.807, 2.05) is 0 Å². The van der Waals surface area contributed by atoms with Gasteiger partial charge in [0.25, 0.3) is 0 Å². The van der Waals surface area contributed by atoms with Gasteiger partial charge in [-0.3, -0.25) is 0 Å². The average Bonchev–Trinajstić information content (AvgIpc) is 2.41. The van der Waals surface area contributed by atoms with Crippen LogP contribution in [-0.4, -0.2) is 25.2 Å². The first-order valence-electron chi connectivity index (χ1n) is 6.94. The maximum Gasteiger partial charge on any atom is 0.0526 e. The van der Waals surface area contributed by atoms with Crippen molar-refractivity contribution in [2.45, 2.75) is 37.6 Å². The molecule has 1 spiro atoms. The fourth-order valence-electron chi connectivity index (χ4n) is 3.50. The van der Waals surface area contributed by atoms with Crippen molar-refractivity contribution < 1.29 is 0 Å². The summed E-state index contributed by atoms with van der Waals surface area (Å²) in [5.41, 5.74) is 1.81. The average molecular weight is 230 g/mol. The Labute approximate surface area is 104 Å². The summed E-state index contributed by atoms with van der Waals surface area (Å²) in [6.45, 7) is 3.60. The van der Waals surface area contributed by atoms with Gasteiger partial charge in [-0.1, -0.05) is 18.2 Å². The lowest BCUT2D eigenvalue weighted by molar-refractivity contribution is 0.242. The molecule has 3 rings (SSSR count). The van der Waals surface area contributed by atoms with Crippen LogP contribution in [0.1, 0.15) is 32.1 Å². The second-order valence-corrected chi connectivity index (χ2v) is 5.45. The maximum atomic E-state index is 3.60. The minimum atomic E-state index is 0.401. The lowest BCUT2D eigenvalue weighted by Crippen LogP contribution is -2.60. The van der Waals surface area contributed by atoms with E-state index in [0.717, 1.165) is 0 Å². The lowest BCUT2D eigenvalue weighted by atomic mass is 9.80. The molecule has 2 heterocycles. The molecule has 1 unspecified atom stereocenters. The molecule has 92 valence electrons. The molecule has 2 nitrogen and oxygen atoms in total. The molecular weight excluding hydrogens is 208 g/mol. The van der Waals surface area contributed by atoms with Gasteiger partial charge in [0, 0.05) is 18.8 Å². The molecule has 2 saturated heterocycles. The minimum absolute atomic E-state index is 0.401. The van der Waals surface area contributed by atoms with Crippen LogP contribution in [0.5, 0.6) is 0 Å². The van der Waals surface area contributed by atoms with Crippen LogP contribution in [0.3, 0.4) is 0 Å². The Kier molecular flexibility index (Phi) is 3.06. The maximum absolute atomic E-state index is 3.60. The molecule has 2 aliphatic heterocycles. The summed E-state index contributed by atoms with van der Waals surface area (Å²) in [7, 11) is 0. The third-order valence-corrected chi connectivity index (χ3v) is 4.36. The van der Waals surface area contributed by atoms with Gasteiger partial charge in [-0.2, -0.15) is 0 Å². The fraction of sp³-hybridized carbons (Fsp3) is 0.600. The van der Waals surface area contributed by atoms with Crippen LogP contribution in [0.25, 0.3) is 0 Å². The van der Waals surface area contributed by atoms with Crippen LogP contribution in [0.2, 0.25) is 0 Å². The molecule has 0 aromatic heterocycles. The third kappa shape index (κ3) is 2.06. The molecular formula is C15H22N2. The molecule has 0 radical (unpaired) electrons. The van der Waals surface area contributed by atoms with E-state index in [9.17, 15) is 0 Å². The van der Waals surface area contributed by atoms with Gasteiger partial charge >= 0.3 is 0 Å². The molecule has 1 N–H and O–H groups in total. The molecule has 17 heavy (non-hydrogen) atoms. The number of rotatable bonds is 1. The van der Waals surface area contributed by atoms with Gasteiger partial charge in [0.2, 0.25) is 0 Å². The van der Waals surface area contributed by atoms with Crippen molar-refractivity contribution in [1.82, 2.24) is 5.32 Å². The normalized spacial score (nSPS) is 29.5. The molecule has 1 atom stereocenters. The number of nitrogens with one attached hydrogen (secondary N) is 1. The molecule has 0 amide bonds. The van der Waals surface area contributed by atoms with E-state index in [1.54, 1.807) is 0 Å². The van der Waals surface area contributed by atoms with Crippen molar-refractivity contribution in [3.63, 3.8) is 0 Å². The monoisotopic (exact) mass is 230 g/mol. The number of piperidine rings is 2. The summed E-state index contributed by atoms with van der Waals surface area (Å²) in [6.07, 6.45) is 6.77. The smallest absolute Gasteiger partial charge is 0.0526 e. The van der Waals surface area contributed by atoms with Crippen molar-refractivity contribution in [1.29, 1.82) is 0 Å². The standard InChI is InChI=1S/C15H22N2/c1-2-7-14(8-3-1)17-12-5-4-9-15(17)10-6-11-16-13-15/h1-3,7-8,16H,4-6,9-13H2. The number of hydrogen-bond acceptors (Lipinski definition) is 2. The molecule has 1 aromatic carbocycles. The quantitative estimate of drug-likeness (QED) is 0.798. The summed E-state index contributed by atoms with van der Waals surface area (Å²) < 4.78 is 0. The molecule has 2 aliphatic rings. The van der Waals surface area contributed by atoms with Gasteiger partial charge in [-0.15, -0.1) is 0 Å². The SMILES string of the molecule is c1ccc(N2CCCCC23CCCNC3)cc1. The Balaban J connectivity index is 1.89. The van der Waals surface area contributed by atoms with Crippen LogP contribution in [0, 0.1) is 0 Å². The highest BCUT2D eigenvalue weighted by atomic mass is 15.2. The van der Waals surface area contributed by atoms with E-state index in [0.29, 0.717) is 5.54 Å². The first-order valence-corrected chi connectivity index (χ1v) is 6.94. The number of hydrogen-bond donors (Lipinski definition) is 1. The van der Waals surface area contributed by atoms with E-state index in [-0.39, 0.29) is 0 Å². The first-order chi connectivity index (χ1) is 8.41. The fourth-order valence-corrected chi connectivity index (χ4v) is 3.50. The van der Waals surface area contributed by atoms with E-state index in [1.165, 1.54) is 57.4 Å². The Morgan fingerprint density at radius 1 is 1.00 bits per heavy atom. The van der Waals surface area contributed by atoms with Gasteiger partial charge in [0.15, 0.2) is 0 Å². The second kappa shape index (κ2) is 4.69. The summed E-state index contributed by atoms with van der Waals surface area (Å²) in [5, 5.41) is 3.60. The van der Waals surface area contributed by atoms with Gasteiger partial charge in [0.05, 0.1) is 5.54 Å². The molecule has 2 heteroatoms. The van der Waals surface area contributed by atoms with E-state index in [2.05, 4.69) is 40.5 Å². The van der Waals surface area contributed by atoms with Gasteiger partial charge in [-0.05, 0) is 50.8 Å². The summed E-state index contributed by atoms with van der Waals surface area (Å²) >= 11 is 0. The van der Waals surface area contributed by atoms with E-state index in [4.69, 9.17) is 0 Å². The zero-order chi connectivity index (χ0) is 11.6. The van der Waals surface area contributed by atoms with Crippen molar-refractivity contribution in [3.8, 4) is 0 Å². The van der Waals surface area contributed by atoms with Crippen LogP contribution in [-0.2, 0) is 0 Å². The van der Waals surface area contributed by atoms with Crippen molar-refractivity contribution in [3.05, 3.63) is 30.3 Å². The molecule has 0 aliphatic carbocycles. The highest BCUT2D eigenvalue weighted by Gasteiger charge is 2.39. The minimum Gasteiger partial charge on any atom is -0.365 e. The van der Waals surface area contributed by atoms with Gasteiger partial charge in [-0.25, -0.2) is 0 Å². The van der Waals surface area contributed by atoms with Crippen LogP contribution < -0.4 is 10.2 Å². The Bertz CT molecular complexity index is 346. The van der Waals surface area contributed by atoms with E-state index >= 15 is 0 Å². The predicted octanol–water partition coefficient (Wildman–Crippen LogP) is 2.80. The third-order valence-electron chi connectivity index (χ3n) is 4.36. The number of benzene rings is 1. The Morgan fingerprint density at radius 2 is 1.82 bits per heavy atom. The summed E-state index contributed by atoms with van der Waals surface area (Å²) in [5.74, 6) is 0. The zero-order valence-corrected chi connectivity index (χ0v) is 10.5. The van der Waals surface area contributed by atoms with Crippen LogP contribution >= 0.6 is 0 Å². The highest BCUT2D eigenvalue weighted by Crippen LogP contribution is 2.37. The van der Waals surface area contributed by atoms with Crippen molar-refractivity contribution in [2.24, 2.45) is 0 Å².